The largest absolute Gasteiger partial charge is 0.385 e. The number of hydrogen-bond donors (Lipinski definition) is 2. The van der Waals surface area contributed by atoms with Crippen molar-refractivity contribution in [3.8, 4) is 0 Å². The van der Waals surface area contributed by atoms with E-state index in [0.717, 1.165) is 31.7 Å². The highest BCUT2D eigenvalue weighted by atomic mass is 16.5. The number of hydrogen-bond acceptors (Lipinski definition) is 4. The second-order valence-corrected chi connectivity index (χ2v) is 3.91. The van der Waals surface area contributed by atoms with Gasteiger partial charge in [0.15, 0.2) is 0 Å². The van der Waals surface area contributed by atoms with Gasteiger partial charge in [0.2, 0.25) is 0 Å². The van der Waals surface area contributed by atoms with Gasteiger partial charge in [0, 0.05) is 33.0 Å². The highest BCUT2D eigenvalue weighted by Gasteiger charge is 2.09. The summed E-state index contributed by atoms with van der Waals surface area (Å²) in [6.07, 6.45) is 5.17. The second-order valence-electron chi connectivity index (χ2n) is 3.91. The van der Waals surface area contributed by atoms with E-state index < -0.39 is 0 Å². The summed E-state index contributed by atoms with van der Waals surface area (Å²) in [7, 11) is 1.68. The number of unbranched alkanes of at least 4 members (excludes halogenated alkanes) is 1. The van der Waals surface area contributed by atoms with Gasteiger partial charge in [-0.2, -0.15) is 0 Å². The van der Waals surface area contributed by atoms with E-state index in [1.165, 1.54) is 0 Å². The Morgan fingerprint density at radius 3 is 3.00 bits per heavy atom. The summed E-state index contributed by atoms with van der Waals surface area (Å²) in [5.74, 6) is -0.0641. The average molecular weight is 251 g/mol. The number of aromatic nitrogens is 1. The molecule has 0 aliphatic carbocycles. The molecule has 0 saturated carbocycles. The van der Waals surface area contributed by atoms with Gasteiger partial charge < -0.3 is 15.4 Å². The van der Waals surface area contributed by atoms with Gasteiger partial charge in [-0.15, -0.1) is 0 Å². The maximum atomic E-state index is 12.0. The van der Waals surface area contributed by atoms with Gasteiger partial charge in [-0.1, -0.05) is 0 Å². The Labute approximate surface area is 108 Å². The van der Waals surface area contributed by atoms with E-state index in [0.29, 0.717) is 12.1 Å². The summed E-state index contributed by atoms with van der Waals surface area (Å²) in [5, 5.41) is 6.02. The van der Waals surface area contributed by atoms with Crippen LogP contribution in [0.4, 0.5) is 5.69 Å². The molecule has 0 unspecified atom stereocenters. The van der Waals surface area contributed by atoms with Crippen LogP contribution < -0.4 is 10.6 Å². The van der Waals surface area contributed by atoms with Crippen molar-refractivity contribution in [2.24, 2.45) is 0 Å². The summed E-state index contributed by atoms with van der Waals surface area (Å²) < 4.78 is 4.95. The highest BCUT2D eigenvalue weighted by Crippen LogP contribution is 2.12. The molecule has 1 aromatic heterocycles. The van der Waals surface area contributed by atoms with E-state index >= 15 is 0 Å². The van der Waals surface area contributed by atoms with E-state index in [9.17, 15) is 4.79 Å². The number of carbonyl (C=O) groups excluding carboxylic acids is 1. The summed E-state index contributed by atoms with van der Waals surface area (Å²) in [6.45, 7) is 4.14. The van der Waals surface area contributed by atoms with Crippen LogP contribution in [0.15, 0.2) is 18.5 Å². The molecule has 0 saturated heterocycles. The molecule has 0 aliphatic heterocycles. The fourth-order valence-electron chi connectivity index (χ4n) is 1.59. The van der Waals surface area contributed by atoms with Gasteiger partial charge in [-0.25, -0.2) is 0 Å². The van der Waals surface area contributed by atoms with E-state index in [4.69, 9.17) is 4.74 Å². The number of ether oxygens (including phenoxy) is 1. The zero-order chi connectivity index (χ0) is 13.2. The fraction of sp³-hybridized carbons (Fsp3) is 0.538. The van der Waals surface area contributed by atoms with Crippen LogP contribution in [0.5, 0.6) is 0 Å². The predicted octanol–water partition coefficient (Wildman–Crippen LogP) is 1.67. The molecular weight excluding hydrogens is 230 g/mol. The maximum Gasteiger partial charge on any atom is 0.253 e. The second kappa shape index (κ2) is 8.47. The summed E-state index contributed by atoms with van der Waals surface area (Å²) >= 11 is 0. The SMILES string of the molecule is CCNc1cnccc1C(=O)NCCCCOC. The standard InChI is InChI=1S/C13H21N3O2/c1-3-15-12-10-14-8-6-11(12)13(17)16-7-4-5-9-18-2/h6,8,10,15H,3-5,7,9H2,1-2H3,(H,16,17). The van der Waals surface area contributed by atoms with Crippen LogP contribution in [0.1, 0.15) is 30.1 Å². The van der Waals surface area contributed by atoms with Crippen molar-refractivity contribution in [3.05, 3.63) is 24.0 Å². The first-order valence-electron chi connectivity index (χ1n) is 6.24. The Morgan fingerprint density at radius 1 is 1.44 bits per heavy atom. The average Bonchev–Trinajstić information content (AvgIpc) is 2.39. The van der Waals surface area contributed by atoms with Crippen LogP contribution in [-0.2, 0) is 4.74 Å². The lowest BCUT2D eigenvalue weighted by atomic mass is 10.2. The lowest BCUT2D eigenvalue weighted by Gasteiger charge is -2.10. The van der Waals surface area contributed by atoms with Crippen molar-refractivity contribution in [3.63, 3.8) is 0 Å². The first-order chi connectivity index (χ1) is 8.79. The molecule has 5 nitrogen and oxygen atoms in total. The monoisotopic (exact) mass is 251 g/mol. The third kappa shape index (κ3) is 4.71. The molecule has 2 N–H and O–H groups in total. The molecule has 0 aliphatic rings. The molecule has 1 amide bonds. The molecular formula is C13H21N3O2. The Balaban J connectivity index is 2.45. The molecule has 0 spiro atoms. The predicted molar refractivity (Wildman–Crippen MR) is 71.8 cm³/mol. The minimum Gasteiger partial charge on any atom is -0.385 e. The van der Waals surface area contributed by atoms with Crippen LogP contribution in [0.3, 0.4) is 0 Å². The lowest BCUT2D eigenvalue weighted by Crippen LogP contribution is -2.25. The normalized spacial score (nSPS) is 10.1. The van der Waals surface area contributed by atoms with Crippen molar-refractivity contribution in [2.45, 2.75) is 19.8 Å². The zero-order valence-electron chi connectivity index (χ0n) is 11.0. The number of amides is 1. The van der Waals surface area contributed by atoms with Crippen molar-refractivity contribution >= 4 is 11.6 Å². The molecule has 0 bridgehead atoms. The van der Waals surface area contributed by atoms with Crippen LogP contribution in [-0.4, -0.2) is 37.7 Å². The number of nitrogens with one attached hydrogen (secondary N) is 2. The number of pyridine rings is 1. The molecule has 0 fully saturated rings. The number of nitrogens with zero attached hydrogens (tertiary/aromatic N) is 1. The molecule has 0 aromatic carbocycles. The van der Waals surface area contributed by atoms with Crippen molar-refractivity contribution in [2.75, 3.05) is 32.1 Å². The summed E-state index contributed by atoms with van der Waals surface area (Å²) in [4.78, 5) is 16.0. The van der Waals surface area contributed by atoms with Gasteiger partial charge in [0.05, 0.1) is 17.4 Å². The molecule has 1 rings (SSSR count). The molecule has 5 heteroatoms. The van der Waals surface area contributed by atoms with Crippen LogP contribution in [0.2, 0.25) is 0 Å². The fourth-order valence-corrected chi connectivity index (χ4v) is 1.59. The van der Waals surface area contributed by atoms with Crippen LogP contribution in [0, 0.1) is 0 Å². The smallest absolute Gasteiger partial charge is 0.253 e. The maximum absolute atomic E-state index is 12.0. The Bertz CT molecular complexity index is 369. The van der Waals surface area contributed by atoms with E-state index in [-0.39, 0.29) is 5.91 Å². The van der Waals surface area contributed by atoms with E-state index in [2.05, 4.69) is 15.6 Å². The Hall–Kier alpha value is -1.62. The van der Waals surface area contributed by atoms with Crippen molar-refractivity contribution < 1.29 is 9.53 Å². The van der Waals surface area contributed by atoms with Gasteiger partial charge >= 0.3 is 0 Å². The minimum atomic E-state index is -0.0641. The van der Waals surface area contributed by atoms with Crippen molar-refractivity contribution in [1.29, 1.82) is 0 Å². The van der Waals surface area contributed by atoms with Gasteiger partial charge in [0.25, 0.3) is 5.91 Å². The van der Waals surface area contributed by atoms with Crippen LogP contribution in [0.25, 0.3) is 0 Å². The van der Waals surface area contributed by atoms with Crippen molar-refractivity contribution in [1.82, 2.24) is 10.3 Å². The van der Waals surface area contributed by atoms with Crippen LogP contribution >= 0.6 is 0 Å². The molecule has 1 aromatic rings. The quantitative estimate of drug-likeness (QED) is 0.690. The number of carbonyl (C=O) groups is 1. The number of methoxy groups -OCH3 is 1. The first kappa shape index (κ1) is 14.4. The van der Waals surface area contributed by atoms with Gasteiger partial charge in [0.1, 0.15) is 0 Å². The third-order valence-electron chi connectivity index (χ3n) is 2.49. The first-order valence-corrected chi connectivity index (χ1v) is 6.24. The summed E-state index contributed by atoms with van der Waals surface area (Å²) in [5.41, 5.74) is 1.41. The lowest BCUT2D eigenvalue weighted by molar-refractivity contribution is 0.0952. The Morgan fingerprint density at radius 2 is 2.28 bits per heavy atom. The topological polar surface area (TPSA) is 63.2 Å². The highest BCUT2D eigenvalue weighted by molar-refractivity contribution is 5.99. The number of rotatable bonds is 8. The molecule has 0 atom stereocenters. The molecule has 0 radical (unpaired) electrons. The third-order valence-corrected chi connectivity index (χ3v) is 2.49. The summed E-state index contributed by atoms with van der Waals surface area (Å²) in [6, 6.07) is 1.72. The Kier molecular flexibility index (Phi) is 6.79. The zero-order valence-corrected chi connectivity index (χ0v) is 11.0. The minimum absolute atomic E-state index is 0.0641. The molecule has 100 valence electrons. The van der Waals surface area contributed by atoms with Gasteiger partial charge in [-0.3, -0.25) is 9.78 Å². The number of anilines is 1. The van der Waals surface area contributed by atoms with E-state index in [1.54, 1.807) is 25.6 Å². The molecule has 18 heavy (non-hydrogen) atoms. The van der Waals surface area contributed by atoms with E-state index in [1.807, 2.05) is 6.92 Å². The molecule has 1 heterocycles. The van der Waals surface area contributed by atoms with Gasteiger partial charge in [-0.05, 0) is 25.8 Å².